The van der Waals surface area contributed by atoms with E-state index >= 15 is 0 Å². The lowest BCUT2D eigenvalue weighted by Crippen LogP contribution is -2.40. The molecule has 10 heteroatoms. The number of nitrogens with one attached hydrogen (secondary N) is 1. The topological polar surface area (TPSA) is 78.8 Å². The highest BCUT2D eigenvalue weighted by Gasteiger charge is 2.28. The molecule has 0 saturated carbocycles. The van der Waals surface area contributed by atoms with Gasteiger partial charge in [0.25, 0.3) is 15.9 Å². The highest BCUT2D eigenvalue weighted by atomic mass is 35.5. The van der Waals surface area contributed by atoms with Crippen LogP contribution in [0, 0.1) is 5.82 Å². The summed E-state index contributed by atoms with van der Waals surface area (Å²) in [5.41, 5.74) is 3.44. The molecule has 166 valence electrons. The third kappa shape index (κ3) is 5.64. The second-order valence-electron chi connectivity index (χ2n) is 6.66. The number of amides is 1. The Labute approximate surface area is 195 Å². The van der Waals surface area contributed by atoms with Crippen LogP contribution in [0.5, 0.6) is 0 Å². The molecule has 0 aromatic heterocycles. The zero-order valence-electron chi connectivity index (χ0n) is 16.8. The lowest BCUT2D eigenvalue weighted by Gasteiger charge is -2.24. The van der Waals surface area contributed by atoms with Crippen LogP contribution in [0.4, 0.5) is 10.1 Å². The van der Waals surface area contributed by atoms with Crippen molar-refractivity contribution in [1.82, 2.24) is 5.43 Å². The van der Waals surface area contributed by atoms with Gasteiger partial charge < -0.3 is 0 Å². The number of hydrazone groups is 1. The first-order valence-corrected chi connectivity index (χ1v) is 11.5. The van der Waals surface area contributed by atoms with Crippen LogP contribution in [0.1, 0.15) is 12.5 Å². The number of halogens is 3. The third-order valence-electron chi connectivity index (χ3n) is 4.41. The fourth-order valence-electron chi connectivity index (χ4n) is 2.77. The van der Waals surface area contributed by atoms with E-state index in [1.165, 1.54) is 54.6 Å². The Bertz CT molecular complexity index is 1250. The molecule has 0 fully saturated rings. The Balaban J connectivity index is 1.89. The van der Waals surface area contributed by atoms with Crippen molar-refractivity contribution in [2.24, 2.45) is 5.10 Å². The Morgan fingerprint density at radius 3 is 2.31 bits per heavy atom. The molecule has 0 heterocycles. The van der Waals surface area contributed by atoms with Gasteiger partial charge in [-0.1, -0.05) is 53.5 Å². The van der Waals surface area contributed by atoms with Crippen molar-refractivity contribution < 1.29 is 17.6 Å². The first-order valence-electron chi connectivity index (χ1n) is 9.30. The van der Waals surface area contributed by atoms with Crippen LogP contribution in [0.2, 0.25) is 10.0 Å². The maximum Gasteiger partial charge on any atom is 0.264 e. The van der Waals surface area contributed by atoms with Crippen LogP contribution >= 0.6 is 23.2 Å². The average Bonchev–Trinajstić information content (AvgIpc) is 2.77. The number of hydrogen-bond donors (Lipinski definition) is 1. The quantitative estimate of drug-likeness (QED) is 0.376. The number of anilines is 1. The molecule has 0 bridgehead atoms. The molecule has 0 spiro atoms. The summed E-state index contributed by atoms with van der Waals surface area (Å²) in [5, 5.41) is 4.37. The van der Waals surface area contributed by atoms with Gasteiger partial charge >= 0.3 is 0 Å². The molecule has 3 aromatic rings. The van der Waals surface area contributed by atoms with E-state index in [-0.39, 0.29) is 15.6 Å². The van der Waals surface area contributed by atoms with Crippen LogP contribution in [-0.4, -0.2) is 26.6 Å². The predicted octanol–water partition coefficient (Wildman–Crippen LogP) is 4.87. The van der Waals surface area contributed by atoms with Gasteiger partial charge in [-0.05, 0) is 55.0 Å². The van der Waals surface area contributed by atoms with Crippen molar-refractivity contribution in [3.8, 4) is 0 Å². The number of sulfonamides is 1. The summed E-state index contributed by atoms with van der Waals surface area (Å²) in [7, 11) is -4.13. The number of nitrogens with zero attached hydrogens (tertiary/aromatic N) is 2. The molecule has 32 heavy (non-hydrogen) atoms. The van der Waals surface area contributed by atoms with E-state index in [9.17, 15) is 17.6 Å². The van der Waals surface area contributed by atoms with Gasteiger partial charge in [-0.2, -0.15) is 5.10 Å². The fourth-order valence-corrected chi connectivity index (χ4v) is 4.79. The number of benzene rings is 3. The van der Waals surface area contributed by atoms with Gasteiger partial charge in [0.15, 0.2) is 0 Å². The lowest BCUT2D eigenvalue weighted by atomic mass is 10.1. The van der Waals surface area contributed by atoms with Gasteiger partial charge in [0.2, 0.25) is 0 Å². The molecule has 0 unspecified atom stereocenters. The van der Waals surface area contributed by atoms with E-state index in [4.69, 9.17) is 23.2 Å². The molecule has 1 amide bonds. The molecule has 0 aliphatic carbocycles. The molecule has 3 rings (SSSR count). The van der Waals surface area contributed by atoms with Gasteiger partial charge in [-0.3, -0.25) is 9.10 Å². The maximum absolute atomic E-state index is 13.3. The summed E-state index contributed by atoms with van der Waals surface area (Å²) in [6.45, 7) is 1.04. The number of hydrogen-bond acceptors (Lipinski definition) is 4. The lowest BCUT2D eigenvalue weighted by molar-refractivity contribution is -0.119. The fraction of sp³-hybridized carbons (Fsp3) is 0.0909. The molecule has 0 saturated heterocycles. The van der Waals surface area contributed by atoms with E-state index in [2.05, 4.69) is 10.5 Å². The van der Waals surface area contributed by atoms with E-state index in [0.717, 1.165) is 4.31 Å². The number of carbonyl (C=O) groups is 1. The minimum Gasteiger partial charge on any atom is -0.271 e. The monoisotopic (exact) mass is 493 g/mol. The summed E-state index contributed by atoms with van der Waals surface area (Å²) >= 11 is 12.2. The standard InChI is InChI=1S/C22H18Cl2FN3O3S/c1-15(16-7-10-18(25)11-8-16)26-27-22(29)14-28(21-12-9-17(23)13-20(21)24)32(30,31)19-5-3-2-4-6-19/h2-13H,14H2,1H3,(H,27,29)/b26-15-. The average molecular weight is 494 g/mol. The Morgan fingerprint density at radius 2 is 1.69 bits per heavy atom. The van der Waals surface area contributed by atoms with Gasteiger partial charge in [-0.15, -0.1) is 0 Å². The van der Waals surface area contributed by atoms with Crippen molar-refractivity contribution in [3.63, 3.8) is 0 Å². The van der Waals surface area contributed by atoms with Gasteiger partial charge in [-0.25, -0.2) is 18.2 Å². The number of carbonyl (C=O) groups excluding carboxylic acids is 1. The second-order valence-corrected chi connectivity index (χ2v) is 9.37. The molecular formula is C22H18Cl2FN3O3S. The Kier molecular flexibility index (Phi) is 7.50. The van der Waals surface area contributed by atoms with Crippen molar-refractivity contribution in [3.05, 3.63) is 94.2 Å². The first kappa shape index (κ1) is 23.7. The van der Waals surface area contributed by atoms with Gasteiger partial charge in [0.05, 0.1) is 21.3 Å². The minimum absolute atomic E-state index is 0.00943. The molecule has 6 nitrogen and oxygen atoms in total. The summed E-state index contributed by atoms with van der Waals surface area (Å²) in [4.78, 5) is 12.6. The van der Waals surface area contributed by atoms with Crippen molar-refractivity contribution in [2.75, 3.05) is 10.8 Å². The molecular weight excluding hydrogens is 476 g/mol. The summed E-state index contributed by atoms with van der Waals surface area (Å²) < 4.78 is 40.5. The van der Waals surface area contributed by atoms with E-state index in [1.54, 1.807) is 25.1 Å². The first-order chi connectivity index (χ1) is 15.2. The molecule has 3 aromatic carbocycles. The normalized spacial score (nSPS) is 11.8. The molecule has 0 radical (unpaired) electrons. The smallest absolute Gasteiger partial charge is 0.264 e. The van der Waals surface area contributed by atoms with Crippen LogP contribution in [0.15, 0.2) is 82.8 Å². The van der Waals surface area contributed by atoms with Crippen LogP contribution < -0.4 is 9.73 Å². The van der Waals surface area contributed by atoms with Crippen LogP contribution in [-0.2, 0) is 14.8 Å². The zero-order valence-corrected chi connectivity index (χ0v) is 19.1. The largest absolute Gasteiger partial charge is 0.271 e. The molecule has 0 aliphatic rings. The minimum atomic E-state index is -4.13. The van der Waals surface area contributed by atoms with Gasteiger partial charge in [0, 0.05) is 5.02 Å². The SMILES string of the molecule is C/C(=N/NC(=O)CN(c1ccc(Cl)cc1Cl)S(=O)(=O)c1ccccc1)c1ccc(F)cc1. The summed E-state index contributed by atoms with van der Waals surface area (Å²) in [6.07, 6.45) is 0. The van der Waals surface area contributed by atoms with Crippen LogP contribution in [0.25, 0.3) is 0 Å². The van der Waals surface area contributed by atoms with Gasteiger partial charge in [0.1, 0.15) is 12.4 Å². The second kappa shape index (κ2) is 10.1. The van der Waals surface area contributed by atoms with E-state index in [0.29, 0.717) is 16.3 Å². The van der Waals surface area contributed by atoms with Crippen LogP contribution in [0.3, 0.4) is 0 Å². The van der Waals surface area contributed by atoms with Crippen molar-refractivity contribution in [1.29, 1.82) is 0 Å². The highest BCUT2D eigenvalue weighted by molar-refractivity contribution is 7.92. The maximum atomic E-state index is 13.3. The Morgan fingerprint density at radius 1 is 1.03 bits per heavy atom. The summed E-state index contributed by atoms with van der Waals surface area (Å²) in [5.74, 6) is -1.09. The number of rotatable bonds is 7. The zero-order chi connectivity index (χ0) is 23.3. The van der Waals surface area contributed by atoms with Crippen molar-refractivity contribution >= 4 is 50.5 Å². The van der Waals surface area contributed by atoms with Crippen molar-refractivity contribution in [2.45, 2.75) is 11.8 Å². The molecule has 0 aliphatic heterocycles. The third-order valence-corrected chi connectivity index (χ3v) is 6.72. The van der Waals surface area contributed by atoms with E-state index in [1.807, 2.05) is 0 Å². The van der Waals surface area contributed by atoms with E-state index < -0.39 is 28.3 Å². The molecule has 0 atom stereocenters. The summed E-state index contributed by atoms with van der Waals surface area (Å²) in [6, 6.07) is 17.5. The highest BCUT2D eigenvalue weighted by Crippen LogP contribution is 2.32. The molecule has 1 N–H and O–H groups in total. The predicted molar refractivity (Wildman–Crippen MR) is 124 cm³/mol. The Hall–Kier alpha value is -2.94.